The van der Waals surface area contributed by atoms with E-state index in [2.05, 4.69) is 28.2 Å². The van der Waals surface area contributed by atoms with Gasteiger partial charge in [-0.3, -0.25) is 0 Å². The van der Waals surface area contributed by atoms with E-state index in [0.717, 1.165) is 30.1 Å². The summed E-state index contributed by atoms with van der Waals surface area (Å²) in [6.07, 6.45) is -3.36. The first-order valence-corrected chi connectivity index (χ1v) is 7.58. The van der Waals surface area contributed by atoms with Crippen LogP contribution in [0.5, 0.6) is 0 Å². The van der Waals surface area contributed by atoms with Crippen LogP contribution in [0.3, 0.4) is 0 Å². The number of alkyl halides is 3. The van der Waals surface area contributed by atoms with Crippen LogP contribution in [0.2, 0.25) is 0 Å². The summed E-state index contributed by atoms with van der Waals surface area (Å²) in [6.45, 7) is 2.76. The molecule has 0 saturated carbocycles. The Morgan fingerprint density at radius 1 is 1.33 bits per heavy atom. The van der Waals surface area contributed by atoms with Gasteiger partial charge in [-0.2, -0.15) is 24.9 Å². The topological polar surface area (TPSA) is 12.0 Å². The van der Waals surface area contributed by atoms with Crippen LogP contribution < -0.4 is 5.32 Å². The lowest BCUT2D eigenvalue weighted by Crippen LogP contribution is -2.08. The highest BCUT2D eigenvalue weighted by Crippen LogP contribution is 2.33. The van der Waals surface area contributed by atoms with Crippen LogP contribution in [0.4, 0.5) is 18.9 Å². The molecule has 0 fully saturated rings. The van der Waals surface area contributed by atoms with Crippen LogP contribution in [0, 0.1) is 0 Å². The zero-order valence-corrected chi connectivity index (χ0v) is 12.4. The Balaban J connectivity index is 2.59. The second kappa shape index (κ2) is 7.28. The highest BCUT2D eigenvalue weighted by Gasteiger charge is 2.30. The Kier molecular flexibility index (Phi) is 6.35. The fraction of sp³-hybridized carbons (Fsp3) is 0.500. The van der Waals surface area contributed by atoms with E-state index in [9.17, 15) is 13.2 Å². The van der Waals surface area contributed by atoms with Gasteiger partial charge in [-0.1, -0.05) is 6.92 Å². The first-order valence-electron chi connectivity index (χ1n) is 5.63. The lowest BCUT2D eigenvalue weighted by molar-refractivity contribution is -0.137. The molecule has 1 aromatic carbocycles. The smallest absolute Gasteiger partial charge is 0.384 e. The van der Waals surface area contributed by atoms with Gasteiger partial charge in [0.15, 0.2) is 0 Å². The van der Waals surface area contributed by atoms with Crippen molar-refractivity contribution in [3.63, 3.8) is 0 Å². The van der Waals surface area contributed by atoms with Gasteiger partial charge in [0.2, 0.25) is 0 Å². The number of anilines is 1. The quantitative estimate of drug-likeness (QED) is 0.729. The van der Waals surface area contributed by atoms with Crippen molar-refractivity contribution in [2.75, 3.05) is 23.4 Å². The summed E-state index contributed by atoms with van der Waals surface area (Å²) in [6, 6.07) is 3.63. The molecule has 0 aromatic heterocycles. The molecular weight excluding hydrogens is 327 g/mol. The number of benzene rings is 1. The lowest BCUT2D eigenvalue weighted by atomic mass is 10.2. The minimum Gasteiger partial charge on any atom is -0.384 e. The molecule has 0 aliphatic rings. The van der Waals surface area contributed by atoms with Gasteiger partial charge in [0, 0.05) is 16.7 Å². The van der Waals surface area contributed by atoms with Gasteiger partial charge in [0.1, 0.15) is 0 Å². The van der Waals surface area contributed by atoms with Crippen LogP contribution in [0.15, 0.2) is 22.7 Å². The van der Waals surface area contributed by atoms with E-state index in [1.54, 1.807) is 0 Å². The van der Waals surface area contributed by atoms with E-state index in [-0.39, 0.29) is 0 Å². The van der Waals surface area contributed by atoms with E-state index < -0.39 is 11.7 Å². The molecule has 0 saturated heterocycles. The summed E-state index contributed by atoms with van der Waals surface area (Å²) in [5.74, 6) is 2.08. The fourth-order valence-corrected chi connectivity index (χ4v) is 2.40. The normalized spacial score (nSPS) is 11.6. The van der Waals surface area contributed by atoms with Gasteiger partial charge < -0.3 is 5.32 Å². The van der Waals surface area contributed by atoms with Crippen molar-refractivity contribution >= 4 is 33.4 Å². The molecule has 1 N–H and O–H groups in total. The summed E-state index contributed by atoms with van der Waals surface area (Å²) >= 11 is 5.07. The Labute approximate surface area is 118 Å². The number of hydrogen-bond donors (Lipinski definition) is 1. The molecule has 0 radical (unpaired) electrons. The third-order valence-corrected chi connectivity index (χ3v) is 3.96. The van der Waals surface area contributed by atoms with E-state index >= 15 is 0 Å². The number of hydrogen-bond acceptors (Lipinski definition) is 2. The highest BCUT2D eigenvalue weighted by molar-refractivity contribution is 9.10. The molecule has 0 atom stereocenters. The van der Waals surface area contributed by atoms with Crippen molar-refractivity contribution in [1.82, 2.24) is 0 Å². The van der Waals surface area contributed by atoms with Crippen molar-refractivity contribution in [2.45, 2.75) is 19.5 Å². The van der Waals surface area contributed by atoms with E-state index in [1.165, 1.54) is 6.07 Å². The molecule has 0 aliphatic heterocycles. The molecule has 102 valence electrons. The summed E-state index contributed by atoms with van der Waals surface area (Å²) in [7, 11) is 0. The van der Waals surface area contributed by atoms with Crippen LogP contribution in [0.1, 0.15) is 18.9 Å². The average molecular weight is 342 g/mol. The molecule has 0 unspecified atom stereocenters. The largest absolute Gasteiger partial charge is 0.416 e. The second-order valence-corrected chi connectivity index (χ2v) is 5.92. The zero-order chi connectivity index (χ0) is 13.6. The van der Waals surface area contributed by atoms with Crippen molar-refractivity contribution in [3.8, 4) is 0 Å². The third kappa shape index (κ3) is 5.10. The fourth-order valence-electron chi connectivity index (χ4n) is 1.38. The molecule has 18 heavy (non-hydrogen) atoms. The minimum atomic E-state index is -4.30. The molecule has 1 aromatic rings. The second-order valence-electron chi connectivity index (χ2n) is 3.67. The maximum absolute atomic E-state index is 12.5. The molecular formula is C12H15BrF3NS. The molecule has 0 bridgehead atoms. The molecule has 0 amide bonds. The Morgan fingerprint density at radius 3 is 2.67 bits per heavy atom. The van der Waals surface area contributed by atoms with Crippen LogP contribution in [-0.2, 0) is 6.18 Å². The highest BCUT2D eigenvalue weighted by atomic mass is 79.9. The van der Waals surface area contributed by atoms with Crippen LogP contribution in [-0.4, -0.2) is 18.1 Å². The van der Waals surface area contributed by atoms with E-state index in [4.69, 9.17) is 0 Å². The van der Waals surface area contributed by atoms with Crippen LogP contribution in [0.25, 0.3) is 0 Å². The van der Waals surface area contributed by atoms with Gasteiger partial charge in [0.25, 0.3) is 0 Å². The van der Waals surface area contributed by atoms with E-state index in [1.807, 2.05) is 11.8 Å². The minimum absolute atomic E-state index is 0.492. The summed E-state index contributed by atoms with van der Waals surface area (Å²) in [5.41, 5.74) is -0.137. The first-order chi connectivity index (χ1) is 8.45. The Bertz CT molecular complexity index is 382. The number of thioether (sulfide) groups is 1. The number of nitrogens with one attached hydrogen (secondary N) is 1. The summed E-state index contributed by atoms with van der Waals surface area (Å²) in [5, 5.41) is 3.02. The summed E-state index contributed by atoms with van der Waals surface area (Å²) < 4.78 is 38.3. The zero-order valence-electron chi connectivity index (χ0n) is 9.98. The monoisotopic (exact) mass is 341 g/mol. The van der Waals surface area contributed by atoms with Crippen LogP contribution >= 0.6 is 27.7 Å². The van der Waals surface area contributed by atoms with E-state index in [0.29, 0.717) is 16.7 Å². The SMILES string of the molecule is CCSCCCNc1cc(C(F)(F)F)ccc1Br. The molecule has 0 aliphatic carbocycles. The Morgan fingerprint density at radius 2 is 2.06 bits per heavy atom. The van der Waals surface area contributed by atoms with Gasteiger partial charge in [-0.25, -0.2) is 0 Å². The molecule has 1 rings (SSSR count). The molecule has 1 nitrogen and oxygen atoms in total. The molecule has 6 heteroatoms. The standard InChI is InChI=1S/C12H15BrF3NS/c1-2-18-7-3-6-17-11-8-9(12(14,15)16)4-5-10(11)13/h4-5,8,17H,2-3,6-7H2,1H3. The van der Waals surface area contributed by atoms with Crippen molar-refractivity contribution in [3.05, 3.63) is 28.2 Å². The third-order valence-electron chi connectivity index (χ3n) is 2.28. The van der Waals surface area contributed by atoms with Crippen molar-refractivity contribution in [1.29, 1.82) is 0 Å². The molecule has 0 spiro atoms. The molecule has 0 heterocycles. The predicted molar refractivity (Wildman–Crippen MR) is 75.2 cm³/mol. The predicted octanol–water partition coefficient (Wildman–Crippen LogP) is 5.02. The van der Waals surface area contributed by atoms with Gasteiger partial charge >= 0.3 is 6.18 Å². The number of halogens is 4. The lowest BCUT2D eigenvalue weighted by Gasteiger charge is -2.12. The first kappa shape index (κ1) is 15.7. The van der Waals surface area contributed by atoms with Gasteiger partial charge in [-0.05, 0) is 52.1 Å². The van der Waals surface area contributed by atoms with Gasteiger partial charge in [0.05, 0.1) is 5.56 Å². The summed E-state index contributed by atoms with van der Waals surface area (Å²) in [4.78, 5) is 0. The maximum Gasteiger partial charge on any atom is 0.416 e. The maximum atomic E-state index is 12.5. The van der Waals surface area contributed by atoms with Gasteiger partial charge in [-0.15, -0.1) is 0 Å². The Hall–Kier alpha value is -0.360. The number of rotatable bonds is 6. The van der Waals surface area contributed by atoms with Crippen molar-refractivity contribution < 1.29 is 13.2 Å². The average Bonchev–Trinajstić information content (AvgIpc) is 2.29. The van der Waals surface area contributed by atoms with Crippen molar-refractivity contribution in [2.24, 2.45) is 0 Å².